The van der Waals surface area contributed by atoms with E-state index in [1.165, 1.54) is 16.7 Å². The lowest BCUT2D eigenvalue weighted by Gasteiger charge is -2.23. The summed E-state index contributed by atoms with van der Waals surface area (Å²) in [6.07, 6.45) is 12.8. The fourth-order valence-electron chi connectivity index (χ4n) is 4.44. The molecule has 35 heavy (non-hydrogen) atoms. The van der Waals surface area contributed by atoms with E-state index in [9.17, 15) is 8.42 Å². The first-order valence-corrected chi connectivity index (χ1v) is 13.3. The van der Waals surface area contributed by atoms with Crippen LogP contribution in [-0.4, -0.2) is 30.2 Å². The molecule has 1 aromatic heterocycles. The second kappa shape index (κ2) is 9.03. The van der Waals surface area contributed by atoms with Crippen molar-refractivity contribution in [3.8, 4) is 0 Å². The Hall–Kier alpha value is -3.91. The number of fused-ring (bicyclic) bond motifs is 1. The normalized spacial score (nSPS) is 20.2. The van der Waals surface area contributed by atoms with Gasteiger partial charge in [0, 0.05) is 11.8 Å². The molecule has 1 heterocycles. The first-order valence-electron chi connectivity index (χ1n) is 11.4. The summed E-state index contributed by atoms with van der Waals surface area (Å²) < 4.78 is 28.6. The van der Waals surface area contributed by atoms with Crippen LogP contribution < -0.4 is 10.5 Å². The van der Waals surface area contributed by atoms with Crippen LogP contribution in [0, 0.1) is 12.8 Å². The smallest absolute Gasteiger partial charge is 0.229 e. The maximum atomic E-state index is 12.1. The standard InChI is InChI=1S/C27H27N5O2S/c1-18-7-9-19(10-8-18)17-32-27(28)26(16-29-32)30-24-14-12-21(15-25(24)31-35(2,33)34)23-13-11-20-5-3-4-6-22(20)23/h3-16,21,23,31H,17,28H2,1-2H3. The van der Waals surface area contributed by atoms with E-state index in [1.807, 2.05) is 55.5 Å². The van der Waals surface area contributed by atoms with Gasteiger partial charge in [-0.05, 0) is 29.7 Å². The molecule has 0 saturated heterocycles. The Bertz CT molecular complexity index is 1490. The predicted molar refractivity (Wildman–Crippen MR) is 141 cm³/mol. The number of aromatic nitrogens is 2. The molecule has 7 nitrogen and oxygen atoms in total. The van der Waals surface area contributed by atoms with E-state index < -0.39 is 10.0 Å². The van der Waals surface area contributed by atoms with E-state index >= 15 is 0 Å². The number of nitrogens with two attached hydrogens (primary N) is 1. The number of rotatable bonds is 6. The number of nitrogen functional groups attached to an aromatic ring is 1. The average Bonchev–Trinajstić information content (AvgIpc) is 3.40. The van der Waals surface area contributed by atoms with Crippen LogP contribution in [0.2, 0.25) is 0 Å². The first-order chi connectivity index (χ1) is 16.8. The van der Waals surface area contributed by atoms with Crippen molar-refractivity contribution < 1.29 is 8.42 Å². The zero-order valence-electron chi connectivity index (χ0n) is 19.6. The molecule has 0 radical (unpaired) electrons. The van der Waals surface area contributed by atoms with Crippen molar-refractivity contribution in [1.29, 1.82) is 0 Å². The van der Waals surface area contributed by atoms with Crippen molar-refractivity contribution in [2.45, 2.75) is 19.4 Å². The molecule has 2 aliphatic carbocycles. The lowest BCUT2D eigenvalue weighted by Crippen LogP contribution is -2.28. The van der Waals surface area contributed by atoms with Crippen molar-refractivity contribution in [3.63, 3.8) is 0 Å². The highest BCUT2D eigenvalue weighted by Gasteiger charge is 2.27. The zero-order valence-corrected chi connectivity index (χ0v) is 20.4. The molecule has 5 rings (SSSR count). The molecule has 2 atom stereocenters. The highest BCUT2D eigenvalue weighted by atomic mass is 32.2. The molecule has 2 unspecified atom stereocenters. The average molecular weight is 486 g/mol. The van der Waals surface area contributed by atoms with Crippen molar-refractivity contribution in [2.75, 3.05) is 12.0 Å². The van der Waals surface area contributed by atoms with E-state index in [2.05, 4.69) is 45.2 Å². The maximum absolute atomic E-state index is 12.1. The second-order valence-electron chi connectivity index (χ2n) is 8.96. The number of aliphatic imine (C=N–C) groups is 1. The maximum Gasteiger partial charge on any atom is 0.229 e. The van der Waals surface area contributed by atoms with Crippen molar-refractivity contribution in [1.82, 2.24) is 14.5 Å². The predicted octanol–water partition coefficient (Wildman–Crippen LogP) is 4.32. The molecule has 0 aliphatic heterocycles. The molecule has 0 fully saturated rings. The van der Waals surface area contributed by atoms with E-state index in [0.717, 1.165) is 11.8 Å². The number of hydrogen-bond donors (Lipinski definition) is 2. The highest BCUT2D eigenvalue weighted by molar-refractivity contribution is 7.88. The first kappa shape index (κ1) is 22.9. The summed E-state index contributed by atoms with van der Waals surface area (Å²) in [6, 6.07) is 16.4. The van der Waals surface area contributed by atoms with Gasteiger partial charge in [-0.1, -0.05) is 78.4 Å². The number of aryl methyl sites for hydroxylation is 1. The molecule has 0 saturated carbocycles. The largest absolute Gasteiger partial charge is 0.382 e. The summed E-state index contributed by atoms with van der Waals surface area (Å²) in [5, 5.41) is 4.39. The summed E-state index contributed by atoms with van der Waals surface area (Å²) in [6.45, 7) is 2.56. The van der Waals surface area contributed by atoms with Gasteiger partial charge >= 0.3 is 0 Å². The van der Waals surface area contributed by atoms with Crippen LogP contribution in [0.1, 0.15) is 28.2 Å². The number of anilines is 1. The van der Waals surface area contributed by atoms with Crippen LogP contribution in [0.5, 0.6) is 0 Å². The molecular formula is C27H27N5O2S. The Morgan fingerprint density at radius 1 is 1.09 bits per heavy atom. The summed E-state index contributed by atoms with van der Waals surface area (Å²) in [4.78, 5) is 4.67. The lowest BCUT2D eigenvalue weighted by molar-refractivity contribution is 0.595. The third kappa shape index (κ3) is 4.97. The van der Waals surface area contributed by atoms with Crippen molar-refractivity contribution >= 4 is 33.3 Å². The van der Waals surface area contributed by atoms with Crippen LogP contribution in [0.25, 0.3) is 6.08 Å². The van der Waals surface area contributed by atoms with Gasteiger partial charge in [0.2, 0.25) is 10.0 Å². The minimum atomic E-state index is -3.51. The van der Waals surface area contributed by atoms with Gasteiger partial charge in [0.15, 0.2) is 0 Å². The molecule has 178 valence electrons. The van der Waals surface area contributed by atoms with Crippen molar-refractivity contribution in [3.05, 3.63) is 107 Å². The van der Waals surface area contributed by atoms with E-state index in [4.69, 9.17) is 5.73 Å². The van der Waals surface area contributed by atoms with E-state index in [1.54, 1.807) is 10.9 Å². The van der Waals surface area contributed by atoms with E-state index in [-0.39, 0.29) is 11.8 Å². The van der Waals surface area contributed by atoms with Crippen LogP contribution in [-0.2, 0) is 16.6 Å². The molecule has 0 spiro atoms. The number of hydrogen-bond acceptors (Lipinski definition) is 5. The van der Waals surface area contributed by atoms with Crippen LogP contribution in [0.4, 0.5) is 11.5 Å². The number of allylic oxidation sites excluding steroid dienone is 4. The summed E-state index contributed by atoms with van der Waals surface area (Å²) in [5.74, 6) is 0.530. The molecule has 3 N–H and O–H groups in total. The highest BCUT2D eigenvalue weighted by Crippen LogP contribution is 2.38. The SMILES string of the molecule is Cc1ccc(Cn2ncc(N=C3C=CC(C4C=Cc5ccccc54)C=C3NS(C)(=O)=O)c2N)cc1. The molecule has 8 heteroatoms. The molecule has 0 amide bonds. The molecule has 0 bridgehead atoms. The minimum Gasteiger partial charge on any atom is -0.382 e. The second-order valence-corrected chi connectivity index (χ2v) is 10.7. The minimum absolute atomic E-state index is 0.0142. The van der Waals surface area contributed by atoms with Crippen LogP contribution >= 0.6 is 0 Å². The molecule has 2 aliphatic rings. The molecule has 3 aromatic rings. The Morgan fingerprint density at radius 3 is 2.63 bits per heavy atom. The Morgan fingerprint density at radius 2 is 1.86 bits per heavy atom. The Labute approximate surface area is 205 Å². The van der Waals surface area contributed by atoms with Gasteiger partial charge in [0.1, 0.15) is 11.5 Å². The number of nitrogens with one attached hydrogen (secondary N) is 1. The van der Waals surface area contributed by atoms with Crippen LogP contribution in [0.3, 0.4) is 0 Å². The van der Waals surface area contributed by atoms with Gasteiger partial charge in [0.25, 0.3) is 0 Å². The topological polar surface area (TPSA) is 102 Å². The van der Waals surface area contributed by atoms with Gasteiger partial charge in [-0.3, -0.25) is 4.72 Å². The van der Waals surface area contributed by atoms with Gasteiger partial charge in [0.05, 0.1) is 30.4 Å². The summed E-state index contributed by atoms with van der Waals surface area (Å²) in [5.41, 5.74) is 12.4. The zero-order chi connectivity index (χ0) is 24.6. The van der Waals surface area contributed by atoms with Gasteiger partial charge in [-0.25, -0.2) is 18.1 Å². The molecule has 2 aromatic carbocycles. The third-order valence-electron chi connectivity index (χ3n) is 6.21. The van der Waals surface area contributed by atoms with Crippen LogP contribution in [0.15, 0.2) is 89.7 Å². The fourth-order valence-corrected chi connectivity index (χ4v) is 5.01. The van der Waals surface area contributed by atoms with Gasteiger partial charge in [-0.2, -0.15) is 5.10 Å². The summed E-state index contributed by atoms with van der Waals surface area (Å²) >= 11 is 0. The Balaban J connectivity index is 1.44. The van der Waals surface area contributed by atoms with Gasteiger partial charge < -0.3 is 5.73 Å². The fraction of sp³-hybridized carbons (Fsp3) is 0.185. The monoisotopic (exact) mass is 485 g/mol. The third-order valence-corrected chi connectivity index (χ3v) is 6.80. The number of benzene rings is 2. The molecular weight excluding hydrogens is 458 g/mol. The van der Waals surface area contributed by atoms with Gasteiger partial charge in [-0.15, -0.1) is 0 Å². The Kier molecular flexibility index (Phi) is 5.90. The quantitative estimate of drug-likeness (QED) is 0.543. The number of sulfonamides is 1. The summed E-state index contributed by atoms with van der Waals surface area (Å²) in [7, 11) is -3.51. The lowest BCUT2D eigenvalue weighted by atomic mass is 9.84. The number of nitrogens with zero attached hydrogens (tertiary/aromatic N) is 3. The van der Waals surface area contributed by atoms with Crippen molar-refractivity contribution in [2.24, 2.45) is 10.9 Å². The van der Waals surface area contributed by atoms with E-state index in [0.29, 0.717) is 29.5 Å².